The predicted octanol–water partition coefficient (Wildman–Crippen LogP) is 1.74. The molecular formula is C11H14ClN5. The molecule has 90 valence electrons. The molecule has 2 aliphatic heterocycles. The van der Waals surface area contributed by atoms with E-state index in [4.69, 9.17) is 0 Å². The van der Waals surface area contributed by atoms with Gasteiger partial charge >= 0.3 is 0 Å². The molecule has 0 saturated carbocycles. The molecule has 1 aromatic carbocycles. The van der Waals surface area contributed by atoms with Crippen molar-refractivity contribution in [3.63, 3.8) is 0 Å². The van der Waals surface area contributed by atoms with E-state index in [0.29, 0.717) is 5.84 Å². The number of hydrogen-bond donors (Lipinski definition) is 2. The first-order valence-corrected chi connectivity index (χ1v) is 5.41. The van der Waals surface area contributed by atoms with Crippen LogP contribution in [0.25, 0.3) is 0 Å². The molecule has 17 heavy (non-hydrogen) atoms. The molecule has 0 radical (unpaired) electrons. The van der Waals surface area contributed by atoms with Crippen LogP contribution in [0.15, 0.2) is 33.4 Å². The Morgan fingerprint density at radius 3 is 2.76 bits per heavy atom. The molecule has 6 heteroatoms. The summed E-state index contributed by atoms with van der Waals surface area (Å²) in [6.07, 6.45) is -0.0274. The lowest BCUT2D eigenvalue weighted by molar-refractivity contribution is 0.580. The summed E-state index contributed by atoms with van der Waals surface area (Å²) in [6.45, 7) is 3.92. The van der Waals surface area contributed by atoms with E-state index in [-0.39, 0.29) is 18.7 Å². The molecule has 0 aromatic heterocycles. The first-order valence-electron chi connectivity index (χ1n) is 5.41. The average Bonchev–Trinajstić information content (AvgIpc) is 2.90. The largest absolute Gasteiger partial charge is 0.282 e. The summed E-state index contributed by atoms with van der Waals surface area (Å²) in [4.78, 5) is 4.49. The summed E-state index contributed by atoms with van der Waals surface area (Å²) in [6, 6.07) is 6.05. The number of azo groups is 1. The molecule has 0 spiro atoms. The Kier molecular flexibility index (Phi) is 3.51. The van der Waals surface area contributed by atoms with E-state index >= 15 is 0 Å². The van der Waals surface area contributed by atoms with Crippen molar-refractivity contribution >= 4 is 23.9 Å². The number of halogens is 1. The molecule has 2 heterocycles. The van der Waals surface area contributed by atoms with Crippen LogP contribution in [0.5, 0.6) is 0 Å². The van der Waals surface area contributed by atoms with Gasteiger partial charge in [-0.2, -0.15) is 0 Å². The van der Waals surface area contributed by atoms with Gasteiger partial charge in [0.05, 0.1) is 5.69 Å². The minimum atomic E-state index is -0.0274. The van der Waals surface area contributed by atoms with E-state index in [2.05, 4.69) is 25.9 Å². The topological polar surface area (TPSA) is 61.1 Å². The van der Waals surface area contributed by atoms with Crippen LogP contribution in [-0.4, -0.2) is 25.2 Å². The number of fused-ring (bicyclic) bond motifs is 1. The highest BCUT2D eigenvalue weighted by molar-refractivity contribution is 6.06. The molecule has 0 atom stereocenters. The number of hydrogen-bond acceptors (Lipinski definition) is 4. The van der Waals surface area contributed by atoms with Gasteiger partial charge in [-0.05, 0) is 18.6 Å². The van der Waals surface area contributed by atoms with Crippen LogP contribution in [0, 0.1) is 6.92 Å². The second kappa shape index (κ2) is 4.91. The van der Waals surface area contributed by atoms with E-state index in [0.717, 1.165) is 29.9 Å². The zero-order valence-electron chi connectivity index (χ0n) is 9.47. The Bertz CT molecular complexity index is 477. The van der Waals surface area contributed by atoms with Crippen molar-refractivity contribution in [2.24, 2.45) is 15.2 Å². The maximum absolute atomic E-state index is 4.49. The summed E-state index contributed by atoms with van der Waals surface area (Å²) < 4.78 is 0. The molecule has 2 N–H and O–H groups in total. The lowest BCUT2D eigenvalue weighted by Gasteiger charge is -2.05. The fraction of sp³-hybridized carbons (Fsp3) is 0.364. The highest BCUT2D eigenvalue weighted by Gasteiger charge is 2.19. The number of nitrogens with one attached hydrogen (secondary N) is 2. The standard InChI is InChI=1S/C11H13N5.ClH/c1-7-3-2-4-8-9(7)15-16-10(8)14-11-12-5-6-13-11;/h2-4,11-13H,5-6H2,1H3;1H. The quantitative estimate of drug-likeness (QED) is 0.799. The smallest absolute Gasteiger partial charge is 0.182 e. The first kappa shape index (κ1) is 12.2. The summed E-state index contributed by atoms with van der Waals surface area (Å²) >= 11 is 0. The molecule has 2 aliphatic rings. The monoisotopic (exact) mass is 251 g/mol. The summed E-state index contributed by atoms with van der Waals surface area (Å²) in [5.74, 6) is 0.714. The second-order valence-electron chi connectivity index (χ2n) is 3.93. The zero-order valence-corrected chi connectivity index (χ0v) is 10.3. The second-order valence-corrected chi connectivity index (χ2v) is 3.93. The number of amidine groups is 1. The van der Waals surface area contributed by atoms with Crippen molar-refractivity contribution in [1.82, 2.24) is 10.6 Å². The Balaban J connectivity index is 0.00000108. The van der Waals surface area contributed by atoms with Gasteiger partial charge in [0.25, 0.3) is 0 Å². The highest BCUT2D eigenvalue weighted by Crippen LogP contribution is 2.30. The fourth-order valence-electron chi connectivity index (χ4n) is 1.92. The van der Waals surface area contributed by atoms with Crippen molar-refractivity contribution in [1.29, 1.82) is 0 Å². The van der Waals surface area contributed by atoms with Crippen LogP contribution < -0.4 is 10.6 Å². The van der Waals surface area contributed by atoms with Gasteiger partial charge in [0.1, 0.15) is 0 Å². The Morgan fingerprint density at radius 1 is 1.24 bits per heavy atom. The van der Waals surface area contributed by atoms with Crippen molar-refractivity contribution in [3.8, 4) is 0 Å². The maximum atomic E-state index is 4.49. The molecule has 0 aliphatic carbocycles. The lowest BCUT2D eigenvalue weighted by Crippen LogP contribution is -2.29. The van der Waals surface area contributed by atoms with E-state index in [1.54, 1.807) is 0 Å². The van der Waals surface area contributed by atoms with Crippen LogP contribution in [0.4, 0.5) is 5.69 Å². The molecule has 3 rings (SSSR count). The minimum absolute atomic E-state index is 0. The Hall–Kier alpha value is -1.30. The molecule has 1 fully saturated rings. The van der Waals surface area contributed by atoms with Gasteiger partial charge in [0.15, 0.2) is 12.1 Å². The number of aliphatic imine (C=N–C) groups is 1. The third-order valence-electron chi connectivity index (χ3n) is 2.78. The van der Waals surface area contributed by atoms with Crippen LogP contribution in [0.3, 0.4) is 0 Å². The van der Waals surface area contributed by atoms with Crippen LogP contribution >= 0.6 is 12.4 Å². The minimum Gasteiger partial charge on any atom is -0.282 e. The summed E-state index contributed by atoms with van der Waals surface area (Å²) in [5, 5.41) is 14.7. The van der Waals surface area contributed by atoms with E-state index in [1.165, 1.54) is 0 Å². The number of aryl methyl sites for hydroxylation is 1. The van der Waals surface area contributed by atoms with Crippen molar-refractivity contribution in [3.05, 3.63) is 29.3 Å². The van der Waals surface area contributed by atoms with Crippen LogP contribution in [0.1, 0.15) is 11.1 Å². The normalized spacial score (nSPS) is 20.6. The van der Waals surface area contributed by atoms with Gasteiger partial charge in [-0.3, -0.25) is 10.6 Å². The number of rotatable bonds is 1. The van der Waals surface area contributed by atoms with E-state index < -0.39 is 0 Å². The molecule has 1 aromatic rings. The van der Waals surface area contributed by atoms with Gasteiger partial charge in [-0.25, -0.2) is 4.99 Å². The summed E-state index contributed by atoms with van der Waals surface area (Å²) in [7, 11) is 0. The molecule has 0 bridgehead atoms. The number of benzene rings is 1. The molecule has 5 nitrogen and oxygen atoms in total. The van der Waals surface area contributed by atoms with Crippen molar-refractivity contribution < 1.29 is 0 Å². The van der Waals surface area contributed by atoms with Gasteiger partial charge < -0.3 is 0 Å². The van der Waals surface area contributed by atoms with Gasteiger partial charge in [-0.15, -0.1) is 22.6 Å². The van der Waals surface area contributed by atoms with Crippen molar-refractivity contribution in [2.45, 2.75) is 13.2 Å². The SMILES string of the molecule is Cc1cccc2c1N=NC2=NC1NCCN1.Cl. The molecule has 0 unspecified atom stereocenters. The molecular weight excluding hydrogens is 238 g/mol. The summed E-state index contributed by atoms with van der Waals surface area (Å²) in [5.41, 5.74) is 3.11. The maximum Gasteiger partial charge on any atom is 0.182 e. The first-order chi connectivity index (χ1) is 7.84. The van der Waals surface area contributed by atoms with E-state index in [1.807, 2.05) is 25.1 Å². The Labute approximate surface area is 106 Å². The van der Waals surface area contributed by atoms with Gasteiger partial charge in [0, 0.05) is 18.7 Å². The van der Waals surface area contributed by atoms with Crippen LogP contribution in [-0.2, 0) is 0 Å². The fourth-order valence-corrected chi connectivity index (χ4v) is 1.92. The molecule has 0 amide bonds. The highest BCUT2D eigenvalue weighted by atomic mass is 35.5. The molecule has 1 saturated heterocycles. The van der Waals surface area contributed by atoms with Crippen molar-refractivity contribution in [2.75, 3.05) is 13.1 Å². The zero-order chi connectivity index (χ0) is 11.0. The van der Waals surface area contributed by atoms with Gasteiger partial charge in [0.2, 0.25) is 0 Å². The van der Waals surface area contributed by atoms with E-state index in [9.17, 15) is 0 Å². The van der Waals surface area contributed by atoms with Crippen LogP contribution in [0.2, 0.25) is 0 Å². The Morgan fingerprint density at radius 2 is 2.00 bits per heavy atom. The average molecular weight is 252 g/mol. The predicted molar refractivity (Wildman–Crippen MR) is 69.3 cm³/mol. The third-order valence-corrected chi connectivity index (χ3v) is 2.78. The third kappa shape index (κ3) is 2.22. The number of nitrogens with zero attached hydrogens (tertiary/aromatic N) is 3. The van der Waals surface area contributed by atoms with Gasteiger partial charge in [-0.1, -0.05) is 12.1 Å². The lowest BCUT2D eigenvalue weighted by atomic mass is 10.1.